The van der Waals surface area contributed by atoms with Gasteiger partial charge in [-0.25, -0.2) is 4.79 Å². The highest BCUT2D eigenvalue weighted by Gasteiger charge is 2.53. The molecule has 0 heterocycles. The van der Waals surface area contributed by atoms with E-state index >= 15 is 0 Å². The molecular formula is C8H12F3NO4. The summed E-state index contributed by atoms with van der Waals surface area (Å²) < 4.78 is 41.6. The average Bonchev–Trinajstić information content (AvgIpc) is 2.11. The van der Waals surface area contributed by atoms with Gasteiger partial charge in [0.25, 0.3) is 0 Å². The Morgan fingerprint density at radius 1 is 1.31 bits per heavy atom. The average molecular weight is 243 g/mol. The largest absolute Gasteiger partial charge is 0.481 e. The number of halogens is 3. The summed E-state index contributed by atoms with van der Waals surface area (Å²) >= 11 is 0. The molecule has 0 aromatic heterocycles. The molecule has 16 heavy (non-hydrogen) atoms. The SMILES string of the molecule is COC(=O)NC(C(F)(F)F)C(C)(C)C(=O)O. The van der Waals surface area contributed by atoms with Gasteiger partial charge in [0.2, 0.25) is 0 Å². The van der Waals surface area contributed by atoms with Crippen molar-refractivity contribution in [3.05, 3.63) is 0 Å². The second-order valence-corrected chi connectivity index (χ2v) is 3.64. The first-order chi connectivity index (χ1) is 7.03. The summed E-state index contributed by atoms with van der Waals surface area (Å²) in [7, 11) is 0.885. The first-order valence-electron chi connectivity index (χ1n) is 4.18. The van der Waals surface area contributed by atoms with Crippen molar-refractivity contribution in [2.24, 2.45) is 5.41 Å². The molecule has 5 nitrogen and oxygen atoms in total. The first-order valence-corrected chi connectivity index (χ1v) is 4.18. The van der Waals surface area contributed by atoms with Crippen molar-refractivity contribution in [3.8, 4) is 0 Å². The highest BCUT2D eigenvalue weighted by atomic mass is 19.4. The number of hydrogen-bond donors (Lipinski definition) is 2. The lowest BCUT2D eigenvalue weighted by atomic mass is 9.84. The van der Waals surface area contributed by atoms with Crippen LogP contribution in [0.3, 0.4) is 0 Å². The second-order valence-electron chi connectivity index (χ2n) is 3.64. The molecule has 2 N–H and O–H groups in total. The molecule has 1 atom stereocenters. The number of ether oxygens (including phenoxy) is 1. The number of nitrogens with one attached hydrogen (secondary N) is 1. The van der Waals surface area contributed by atoms with Gasteiger partial charge in [-0.2, -0.15) is 13.2 Å². The third-order valence-corrected chi connectivity index (χ3v) is 2.05. The van der Waals surface area contributed by atoms with Gasteiger partial charge in [-0.3, -0.25) is 4.79 Å². The molecule has 0 bridgehead atoms. The summed E-state index contributed by atoms with van der Waals surface area (Å²) in [5.74, 6) is -1.67. The van der Waals surface area contributed by atoms with E-state index < -0.39 is 29.7 Å². The second kappa shape index (κ2) is 4.58. The lowest BCUT2D eigenvalue weighted by Crippen LogP contribution is -2.56. The molecule has 0 aliphatic carbocycles. The third-order valence-electron chi connectivity index (χ3n) is 2.05. The number of rotatable bonds is 3. The highest BCUT2D eigenvalue weighted by Crippen LogP contribution is 2.34. The number of carbonyl (C=O) groups is 2. The Labute approximate surface area is 89.6 Å². The smallest absolute Gasteiger partial charge is 0.409 e. The van der Waals surface area contributed by atoms with E-state index in [1.807, 2.05) is 0 Å². The van der Waals surface area contributed by atoms with Gasteiger partial charge in [-0.05, 0) is 13.8 Å². The van der Waals surface area contributed by atoms with Crippen molar-refractivity contribution in [3.63, 3.8) is 0 Å². The van der Waals surface area contributed by atoms with Crippen LogP contribution in [0.15, 0.2) is 0 Å². The van der Waals surface area contributed by atoms with Crippen molar-refractivity contribution < 1.29 is 32.6 Å². The van der Waals surface area contributed by atoms with Gasteiger partial charge >= 0.3 is 18.2 Å². The van der Waals surface area contributed by atoms with Gasteiger partial charge in [0, 0.05) is 0 Å². The number of amides is 1. The number of alkyl halides is 3. The fourth-order valence-electron chi connectivity index (χ4n) is 0.972. The molecule has 0 spiro atoms. The van der Waals surface area contributed by atoms with E-state index in [-0.39, 0.29) is 0 Å². The van der Waals surface area contributed by atoms with Crippen LogP contribution in [0.25, 0.3) is 0 Å². The standard InChI is InChI=1S/C8H12F3NO4/c1-7(2,5(13)14)4(8(9,10)11)12-6(15)16-3/h4H,1-3H3,(H,12,15)(H,13,14). The minimum atomic E-state index is -4.88. The van der Waals surface area contributed by atoms with E-state index in [0.29, 0.717) is 0 Å². The van der Waals surface area contributed by atoms with E-state index in [1.54, 1.807) is 0 Å². The molecule has 0 rings (SSSR count). The Balaban J connectivity index is 5.11. The maximum atomic E-state index is 12.5. The lowest BCUT2D eigenvalue weighted by molar-refractivity contribution is -0.190. The normalized spacial score (nSPS) is 14.1. The molecular weight excluding hydrogens is 231 g/mol. The van der Waals surface area contributed by atoms with Gasteiger partial charge < -0.3 is 15.2 Å². The Kier molecular flexibility index (Phi) is 4.16. The predicted molar refractivity (Wildman–Crippen MR) is 46.8 cm³/mol. The van der Waals surface area contributed by atoms with Crippen LogP contribution < -0.4 is 5.32 Å². The minimum Gasteiger partial charge on any atom is -0.481 e. The number of methoxy groups -OCH3 is 1. The number of carbonyl (C=O) groups excluding carboxylic acids is 1. The fraction of sp³-hybridized carbons (Fsp3) is 0.750. The summed E-state index contributed by atoms with van der Waals surface area (Å²) in [6, 6.07) is -2.52. The topological polar surface area (TPSA) is 75.6 Å². The molecule has 1 unspecified atom stereocenters. The summed E-state index contributed by atoms with van der Waals surface area (Å²) in [4.78, 5) is 21.4. The lowest BCUT2D eigenvalue weighted by Gasteiger charge is -2.31. The van der Waals surface area contributed by atoms with Crippen LogP contribution in [-0.2, 0) is 9.53 Å². The van der Waals surface area contributed by atoms with E-state index in [9.17, 15) is 22.8 Å². The Morgan fingerprint density at radius 3 is 2.00 bits per heavy atom. The van der Waals surface area contributed by atoms with E-state index in [4.69, 9.17) is 5.11 Å². The maximum absolute atomic E-state index is 12.5. The number of hydrogen-bond acceptors (Lipinski definition) is 3. The van der Waals surface area contributed by atoms with Crippen molar-refractivity contribution in [2.45, 2.75) is 26.1 Å². The zero-order chi connectivity index (χ0) is 13.1. The predicted octanol–water partition coefficient (Wildman–Crippen LogP) is 1.38. The number of aliphatic carboxylic acids is 1. The monoisotopic (exact) mass is 243 g/mol. The van der Waals surface area contributed by atoms with E-state index in [0.717, 1.165) is 21.0 Å². The molecule has 0 aromatic rings. The summed E-state index contributed by atoms with van der Waals surface area (Å²) in [5.41, 5.74) is -2.19. The van der Waals surface area contributed by atoms with Crippen LogP contribution in [0.1, 0.15) is 13.8 Å². The van der Waals surface area contributed by atoms with Gasteiger partial charge in [-0.15, -0.1) is 0 Å². The van der Waals surface area contributed by atoms with Crippen LogP contribution in [-0.4, -0.2) is 36.5 Å². The molecule has 1 amide bonds. The van der Waals surface area contributed by atoms with Gasteiger partial charge in [0.05, 0.1) is 12.5 Å². The highest BCUT2D eigenvalue weighted by molar-refractivity contribution is 5.76. The quantitative estimate of drug-likeness (QED) is 0.785. The molecule has 0 saturated carbocycles. The molecule has 0 radical (unpaired) electrons. The Bertz CT molecular complexity index is 287. The first kappa shape index (κ1) is 14.5. The van der Waals surface area contributed by atoms with Crippen molar-refractivity contribution in [2.75, 3.05) is 7.11 Å². The van der Waals surface area contributed by atoms with Crippen LogP contribution in [0.5, 0.6) is 0 Å². The molecule has 0 fully saturated rings. The number of carboxylic acids is 1. The van der Waals surface area contributed by atoms with Crippen LogP contribution in [0, 0.1) is 5.41 Å². The molecule has 0 saturated heterocycles. The summed E-state index contributed by atoms with van der Waals surface area (Å²) in [6.45, 7) is 1.73. The van der Waals surface area contributed by atoms with Gasteiger partial charge in [0.1, 0.15) is 6.04 Å². The molecule has 0 aliphatic heterocycles. The van der Waals surface area contributed by atoms with Crippen LogP contribution in [0.2, 0.25) is 0 Å². The molecule has 8 heteroatoms. The molecule has 0 aromatic carbocycles. The maximum Gasteiger partial charge on any atom is 0.409 e. The summed E-state index contributed by atoms with van der Waals surface area (Å²) in [6.07, 6.45) is -6.22. The van der Waals surface area contributed by atoms with Crippen LogP contribution >= 0.6 is 0 Å². The van der Waals surface area contributed by atoms with E-state index in [2.05, 4.69) is 4.74 Å². The van der Waals surface area contributed by atoms with Crippen molar-refractivity contribution >= 4 is 12.1 Å². The number of alkyl carbamates (subject to hydrolysis) is 1. The van der Waals surface area contributed by atoms with E-state index in [1.165, 1.54) is 5.32 Å². The zero-order valence-electron chi connectivity index (χ0n) is 8.88. The third kappa shape index (κ3) is 3.28. The Hall–Kier alpha value is -1.47. The summed E-state index contributed by atoms with van der Waals surface area (Å²) in [5, 5.41) is 10.1. The van der Waals surface area contributed by atoms with Gasteiger partial charge in [-0.1, -0.05) is 0 Å². The minimum absolute atomic E-state index is 0.865. The van der Waals surface area contributed by atoms with Crippen molar-refractivity contribution in [1.29, 1.82) is 0 Å². The van der Waals surface area contributed by atoms with Gasteiger partial charge in [0.15, 0.2) is 0 Å². The van der Waals surface area contributed by atoms with Crippen molar-refractivity contribution in [1.82, 2.24) is 5.32 Å². The fourth-order valence-corrected chi connectivity index (χ4v) is 0.972. The molecule has 0 aliphatic rings. The molecule has 94 valence electrons. The van der Waals surface area contributed by atoms with Crippen LogP contribution in [0.4, 0.5) is 18.0 Å². The zero-order valence-corrected chi connectivity index (χ0v) is 8.88. The Morgan fingerprint density at radius 2 is 1.75 bits per heavy atom. The number of carboxylic acid groups (broad SMARTS) is 1.